The molecule has 0 radical (unpaired) electrons. The van der Waals surface area contributed by atoms with Crippen LogP contribution in [0.3, 0.4) is 0 Å². The van der Waals surface area contributed by atoms with Crippen molar-refractivity contribution < 1.29 is 42.6 Å². The van der Waals surface area contributed by atoms with Crippen molar-refractivity contribution in [1.29, 1.82) is 0 Å². The number of carboxylic acid groups (broad SMARTS) is 1. The number of hydrogen-bond acceptors (Lipinski definition) is 8. The van der Waals surface area contributed by atoms with Gasteiger partial charge >= 0.3 is 11.9 Å². The highest BCUT2D eigenvalue weighted by Crippen LogP contribution is 2.35. The second-order valence-corrected chi connectivity index (χ2v) is 8.30. The third-order valence-electron chi connectivity index (χ3n) is 4.67. The topological polar surface area (TPSA) is 118 Å². The number of carboxylic acids is 1. The van der Waals surface area contributed by atoms with Crippen LogP contribution in [0.15, 0.2) is 35.7 Å². The van der Waals surface area contributed by atoms with Crippen molar-refractivity contribution in [3.8, 4) is 28.7 Å². The fourth-order valence-electron chi connectivity index (χ4n) is 3.00. The normalized spacial score (nSPS) is 11.6. The first-order chi connectivity index (χ1) is 16.3. The molecule has 9 nitrogen and oxygen atoms in total. The van der Waals surface area contributed by atoms with Gasteiger partial charge in [-0.25, -0.2) is 0 Å². The summed E-state index contributed by atoms with van der Waals surface area (Å²) in [6.45, 7) is 0. The summed E-state index contributed by atoms with van der Waals surface area (Å²) in [5, 5.41) is 10.2. The van der Waals surface area contributed by atoms with Gasteiger partial charge in [0.15, 0.2) is 11.5 Å². The molecule has 2 aromatic carbocycles. The molecule has 0 saturated carbocycles. The number of methoxy groups -OCH3 is 4. The van der Waals surface area contributed by atoms with Crippen molar-refractivity contribution in [3.05, 3.63) is 46.9 Å². The summed E-state index contributed by atoms with van der Waals surface area (Å²) in [5.74, 6) is 0.700. The number of rotatable bonds is 13. The molecule has 0 spiro atoms. The van der Waals surface area contributed by atoms with Crippen LogP contribution < -0.4 is 23.7 Å². The molecule has 34 heavy (non-hydrogen) atoms. The van der Waals surface area contributed by atoms with Gasteiger partial charge in [0.05, 0.1) is 50.6 Å². The maximum absolute atomic E-state index is 12.7. The number of ether oxygens (including phenoxy) is 5. The Kier molecular flexibility index (Phi) is 10.4. The first-order valence-corrected chi connectivity index (χ1v) is 11.6. The van der Waals surface area contributed by atoms with Gasteiger partial charge in [-0.05, 0) is 30.2 Å². The van der Waals surface area contributed by atoms with Crippen LogP contribution in [-0.2, 0) is 26.1 Å². The Morgan fingerprint density at radius 2 is 1.53 bits per heavy atom. The Morgan fingerprint density at radius 3 is 2.09 bits per heavy atom. The molecule has 1 unspecified atom stereocenters. The van der Waals surface area contributed by atoms with Gasteiger partial charge < -0.3 is 28.8 Å². The van der Waals surface area contributed by atoms with E-state index in [0.29, 0.717) is 34.1 Å². The molecule has 0 amide bonds. The van der Waals surface area contributed by atoms with Crippen LogP contribution in [0.5, 0.6) is 28.7 Å². The van der Waals surface area contributed by atoms with Crippen molar-refractivity contribution in [2.75, 3.05) is 28.4 Å². The van der Waals surface area contributed by atoms with Crippen molar-refractivity contribution in [3.63, 3.8) is 0 Å². The van der Waals surface area contributed by atoms with Crippen LogP contribution in [0.4, 0.5) is 0 Å². The lowest BCUT2D eigenvalue weighted by Gasteiger charge is -2.12. The van der Waals surface area contributed by atoms with Crippen molar-refractivity contribution in [2.24, 2.45) is 0 Å². The summed E-state index contributed by atoms with van der Waals surface area (Å²) in [4.78, 5) is 22.7. The maximum Gasteiger partial charge on any atom is 0.311 e. The Hall–Kier alpha value is -3.53. The molecule has 0 heterocycles. The summed E-state index contributed by atoms with van der Waals surface area (Å²) >= 11 is 0. The molecule has 1 atom stereocenters. The highest BCUT2D eigenvalue weighted by molar-refractivity contribution is 7.87. The van der Waals surface area contributed by atoms with Crippen LogP contribution in [0.1, 0.15) is 30.4 Å². The molecule has 0 aromatic heterocycles. The standard InChI is InChI=1S/C24H28O9S/c1-29-17-13-20(31-3)18(21(14-17)32-4)10-11-34(28)15-16-8-9-19(30-2)22(12-16)33-24(27)7-5-6-23(25)26/h8-14H,5-7,15H2,1-4H3,(H,25,26)/b11-10+. The van der Waals surface area contributed by atoms with Crippen molar-refractivity contribution in [2.45, 2.75) is 25.0 Å². The molecule has 184 valence electrons. The fraction of sp³-hybridized carbons (Fsp3) is 0.333. The van der Waals surface area contributed by atoms with E-state index in [4.69, 9.17) is 28.8 Å². The minimum atomic E-state index is -1.41. The van der Waals surface area contributed by atoms with Crippen molar-refractivity contribution >= 4 is 28.8 Å². The molecule has 0 fully saturated rings. The number of carbonyl (C=O) groups is 2. The van der Waals surface area contributed by atoms with Crippen LogP contribution in [0.2, 0.25) is 0 Å². The second kappa shape index (κ2) is 13.2. The Balaban J connectivity index is 2.14. The summed E-state index contributed by atoms with van der Waals surface area (Å²) in [6, 6.07) is 8.32. The van der Waals surface area contributed by atoms with Crippen LogP contribution in [0.25, 0.3) is 6.08 Å². The van der Waals surface area contributed by atoms with Gasteiger partial charge in [0.25, 0.3) is 0 Å². The average molecular weight is 493 g/mol. The Morgan fingerprint density at radius 1 is 0.882 bits per heavy atom. The molecule has 1 N–H and O–H groups in total. The quantitative estimate of drug-likeness (QED) is 0.329. The summed E-state index contributed by atoms with van der Waals surface area (Å²) in [5.41, 5.74) is 1.27. The molecule has 0 aliphatic heterocycles. The van der Waals surface area contributed by atoms with Gasteiger partial charge in [0.1, 0.15) is 17.2 Å². The van der Waals surface area contributed by atoms with Gasteiger partial charge in [-0.3, -0.25) is 13.8 Å². The monoisotopic (exact) mass is 492 g/mol. The molecule has 10 heteroatoms. The zero-order valence-corrected chi connectivity index (χ0v) is 20.3. The molecular formula is C24H28O9S. The number of esters is 1. The molecule has 0 bridgehead atoms. The fourth-order valence-corrected chi connectivity index (χ4v) is 3.89. The average Bonchev–Trinajstić information content (AvgIpc) is 2.82. The van der Waals surface area contributed by atoms with E-state index in [1.54, 1.807) is 36.4 Å². The largest absolute Gasteiger partial charge is 0.496 e. The van der Waals surface area contributed by atoms with Crippen molar-refractivity contribution in [1.82, 2.24) is 0 Å². The third kappa shape index (κ3) is 7.80. The minimum Gasteiger partial charge on any atom is -0.496 e. The number of carbonyl (C=O) groups excluding carboxylic acids is 1. The molecule has 0 aliphatic rings. The first kappa shape index (κ1) is 26.7. The molecule has 2 rings (SSSR count). The van der Waals surface area contributed by atoms with E-state index in [1.807, 2.05) is 0 Å². The highest BCUT2D eigenvalue weighted by atomic mass is 32.2. The number of benzene rings is 2. The predicted molar refractivity (Wildman–Crippen MR) is 127 cm³/mol. The van der Waals surface area contributed by atoms with E-state index in [9.17, 15) is 13.8 Å². The van der Waals surface area contributed by atoms with Crippen LogP contribution in [0, 0.1) is 0 Å². The van der Waals surface area contributed by atoms with E-state index in [2.05, 4.69) is 0 Å². The summed E-state index contributed by atoms with van der Waals surface area (Å²) < 4.78 is 39.3. The zero-order chi connectivity index (χ0) is 25.1. The minimum absolute atomic E-state index is 0.0418. The van der Waals surface area contributed by atoms with Crippen LogP contribution >= 0.6 is 0 Å². The smallest absolute Gasteiger partial charge is 0.311 e. The maximum atomic E-state index is 12.7. The summed E-state index contributed by atoms with van der Waals surface area (Å²) in [7, 11) is 4.60. The van der Waals surface area contributed by atoms with Gasteiger partial charge in [-0.1, -0.05) is 6.07 Å². The van der Waals surface area contributed by atoms with Gasteiger partial charge in [0.2, 0.25) is 0 Å². The molecule has 2 aromatic rings. The van der Waals surface area contributed by atoms with Crippen LogP contribution in [-0.4, -0.2) is 49.7 Å². The lowest BCUT2D eigenvalue weighted by molar-refractivity contribution is -0.137. The summed E-state index contributed by atoms with van der Waals surface area (Å²) in [6.07, 6.45) is 1.66. The van der Waals surface area contributed by atoms with Gasteiger partial charge in [-0.2, -0.15) is 0 Å². The number of hydrogen-bond donors (Lipinski definition) is 1. The Labute approximate surface area is 200 Å². The van der Waals surface area contributed by atoms with Gasteiger partial charge in [0, 0.05) is 30.4 Å². The SMILES string of the molecule is COc1cc(OC)c(/C=C/S(=O)Cc2ccc(OC)c(OC(=O)CCCC(=O)O)c2)c(OC)c1. The predicted octanol–water partition coefficient (Wildman–Crippen LogP) is 3.80. The van der Waals surface area contributed by atoms with E-state index >= 15 is 0 Å². The lowest BCUT2D eigenvalue weighted by Crippen LogP contribution is -2.10. The first-order valence-electron chi connectivity index (χ1n) is 10.3. The molecule has 0 saturated heterocycles. The molecular weight excluding hydrogens is 464 g/mol. The lowest BCUT2D eigenvalue weighted by atomic mass is 10.1. The Bertz CT molecular complexity index is 1040. The highest BCUT2D eigenvalue weighted by Gasteiger charge is 2.14. The second-order valence-electron chi connectivity index (χ2n) is 6.98. The van der Waals surface area contributed by atoms with E-state index in [1.165, 1.54) is 33.8 Å². The zero-order valence-electron chi connectivity index (χ0n) is 19.5. The number of aliphatic carboxylic acids is 1. The van der Waals surface area contributed by atoms with Gasteiger partial charge in [-0.15, -0.1) is 0 Å². The van der Waals surface area contributed by atoms with E-state index < -0.39 is 22.7 Å². The van der Waals surface area contributed by atoms with E-state index in [0.717, 1.165) is 0 Å². The molecule has 0 aliphatic carbocycles. The third-order valence-corrected chi connectivity index (χ3v) is 5.73. The van der Waals surface area contributed by atoms with E-state index in [-0.39, 0.29) is 30.8 Å².